The summed E-state index contributed by atoms with van der Waals surface area (Å²) in [5, 5.41) is 10.5. The maximum Gasteiger partial charge on any atom is 0.246 e. The van der Waals surface area contributed by atoms with Gasteiger partial charge < -0.3 is 9.84 Å². The fourth-order valence-corrected chi connectivity index (χ4v) is 6.51. The molecule has 2 fully saturated rings. The lowest BCUT2D eigenvalue weighted by molar-refractivity contribution is 0.119. The van der Waals surface area contributed by atoms with E-state index in [0.29, 0.717) is 18.1 Å². The second-order valence-corrected chi connectivity index (χ2v) is 10.2. The molecule has 2 unspecified atom stereocenters. The van der Waals surface area contributed by atoms with Crippen LogP contribution in [0.2, 0.25) is 5.02 Å². The number of aliphatic hydroxyl groups excluding tert-OH is 1. The number of hydrogen-bond acceptors (Lipinski definition) is 6. The molecule has 29 heavy (non-hydrogen) atoms. The van der Waals surface area contributed by atoms with Gasteiger partial charge in [-0.15, -0.1) is 0 Å². The topological polar surface area (TPSA) is 83.0 Å². The van der Waals surface area contributed by atoms with Crippen molar-refractivity contribution in [1.29, 1.82) is 0 Å². The molecule has 1 N–H and O–H groups in total. The van der Waals surface area contributed by atoms with Crippen molar-refractivity contribution in [3.05, 3.63) is 53.3 Å². The third kappa shape index (κ3) is 3.75. The Morgan fingerprint density at radius 3 is 2.66 bits per heavy atom. The second kappa shape index (κ2) is 7.85. The van der Waals surface area contributed by atoms with Gasteiger partial charge in [-0.3, -0.25) is 9.88 Å². The standard InChI is InChI=1S/C20H24ClN3O4S/c1-28-18-3-2-17(21)8-19(18)29(26,27)24-11-16-10-23(12-20(16,13-24)14-25)9-15-4-6-22-7-5-15/h2-8,16,25H,9-14H2,1H3. The summed E-state index contributed by atoms with van der Waals surface area (Å²) in [5.41, 5.74) is 0.688. The smallest absolute Gasteiger partial charge is 0.246 e. The molecule has 0 saturated carbocycles. The third-order valence-corrected chi connectivity index (χ3v) is 8.08. The minimum atomic E-state index is -3.78. The number of fused-ring (bicyclic) bond motifs is 1. The van der Waals surface area contributed by atoms with Gasteiger partial charge in [0.25, 0.3) is 0 Å². The van der Waals surface area contributed by atoms with E-state index in [-0.39, 0.29) is 29.7 Å². The van der Waals surface area contributed by atoms with Crippen molar-refractivity contribution >= 4 is 21.6 Å². The summed E-state index contributed by atoms with van der Waals surface area (Å²) in [6.45, 7) is 2.74. The summed E-state index contributed by atoms with van der Waals surface area (Å²) < 4.78 is 33.3. The Morgan fingerprint density at radius 2 is 2.00 bits per heavy atom. The van der Waals surface area contributed by atoms with E-state index in [1.165, 1.54) is 17.5 Å². The number of likely N-dealkylation sites (tertiary alicyclic amines) is 1. The third-order valence-electron chi connectivity index (χ3n) is 6.01. The fourth-order valence-electron chi connectivity index (χ4n) is 4.51. The molecule has 2 saturated heterocycles. The van der Waals surface area contributed by atoms with Crippen LogP contribution < -0.4 is 4.74 Å². The van der Waals surface area contributed by atoms with Gasteiger partial charge in [0.05, 0.1) is 13.7 Å². The molecule has 7 nitrogen and oxygen atoms in total. The van der Waals surface area contributed by atoms with Crippen LogP contribution in [0.25, 0.3) is 0 Å². The van der Waals surface area contributed by atoms with Crippen molar-refractivity contribution in [3.63, 3.8) is 0 Å². The molecule has 3 heterocycles. The van der Waals surface area contributed by atoms with Gasteiger partial charge >= 0.3 is 0 Å². The summed E-state index contributed by atoms with van der Waals surface area (Å²) >= 11 is 6.04. The number of sulfonamides is 1. The number of rotatable bonds is 6. The first-order valence-electron chi connectivity index (χ1n) is 9.44. The van der Waals surface area contributed by atoms with E-state index in [0.717, 1.165) is 18.7 Å². The van der Waals surface area contributed by atoms with Gasteiger partial charge in [0, 0.05) is 55.6 Å². The maximum absolute atomic E-state index is 13.3. The van der Waals surface area contributed by atoms with Crippen LogP contribution in [0.1, 0.15) is 5.56 Å². The van der Waals surface area contributed by atoms with Crippen molar-refractivity contribution in [2.75, 3.05) is 39.9 Å². The number of nitrogens with zero attached hydrogens (tertiary/aromatic N) is 3. The molecule has 2 aromatic rings. The summed E-state index contributed by atoms with van der Waals surface area (Å²) in [6.07, 6.45) is 3.53. The maximum atomic E-state index is 13.3. The Kier molecular flexibility index (Phi) is 5.56. The minimum Gasteiger partial charge on any atom is -0.495 e. The lowest BCUT2D eigenvalue weighted by atomic mass is 9.82. The van der Waals surface area contributed by atoms with Gasteiger partial charge in [-0.25, -0.2) is 8.42 Å². The molecule has 9 heteroatoms. The van der Waals surface area contributed by atoms with Crippen molar-refractivity contribution in [3.8, 4) is 5.75 Å². The molecule has 2 atom stereocenters. The Labute approximate surface area is 175 Å². The Morgan fingerprint density at radius 1 is 1.24 bits per heavy atom. The molecule has 2 aliphatic heterocycles. The van der Waals surface area contributed by atoms with Crippen LogP contribution in [-0.2, 0) is 16.6 Å². The fraction of sp³-hybridized carbons (Fsp3) is 0.450. The first-order valence-corrected chi connectivity index (χ1v) is 11.3. The summed E-state index contributed by atoms with van der Waals surface area (Å²) in [5.74, 6) is 0.332. The first-order chi connectivity index (χ1) is 13.9. The normalized spacial score (nSPS) is 25.3. The average Bonchev–Trinajstić information content (AvgIpc) is 3.23. The van der Waals surface area contributed by atoms with Crippen molar-refractivity contribution in [2.45, 2.75) is 11.4 Å². The molecular formula is C20H24ClN3O4S. The number of aromatic nitrogens is 1. The molecule has 1 aromatic carbocycles. The van der Waals surface area contributed by atoms with E-state index in [9.17, 15) is 13.5 Å². The quantitative estimate of drug-likeness (QED) is 0.742. The molecule has 1 aromatic heterocycles. The number of aliphatic hydroxyl groups is 1. The Hall–Kier alpha value is -1.71. The number of pyridine rings is 1. The van der Waals surface area contributed by atoms with Crippen LogP contribution in [0, 0.1) is 11.3 Å². The molecule has 0 bridgehead atoms. The molecule has 0 spiro atoms. The largest absolute Gasteiger partial charge is 0.495 e. The van der Waals surface area contributed by atoms with E-state index in [4.69, 9.17) is 16.3 Å². The van der Waals surface area contributed by atoms with Crippen LogP contribution in [-0.4, -0.2) is 67.6 Å². The number of ether oxygens (including phenoxy) is 1. The predicted octanol–water partition coefficient (Wildman–Crippen LogP) is 1.86. The predicted molar refractivity (Wildman–Crippen MR) is 109 cm³/mol. The SMILES string of the molecule is COc1ccc(Cl)cc1S(=O)(=O)N1CC2CN(Cc3ccncc3)CC2(CO)C1. The van der Waals surface area contributed by atoms with Crippen LogP contribution in [0.5, 0.6) is 5.75 Å². The van der Waals surface area contributed by atoms with Crippen molar-refractivity contribution < 1.29 is 18.3 Å². The van der Waals surface area contributed by atoms with E-state index in [2.05, 4.69) is 9.88 Å². The zero-order valence-electron chi connectivity index (χ0n) is 16.2. The van der Waals surface area contributed by atoms with Crippen LogP contribution >= 0.6 is 11.6 Å². The van der Waals surface area contributed by atoms with Crippen LogP contribution in [0.15, 0.2) is 47.6 Å². The van der Waals surface area contributed by atoms with E-state index >= 15 is 0 Å². The van der Waals surface area contributed by atoms with E-state index < -0.39 is 15.4 Å². The monoisotopic (exact) mass is 437 g/mol. The van der Waals surface area contributed by atoms with Gasteiger partial charge in [0.2, 0.25) is 10.0 Å². The van der Waals surface area contributed by atoms with E-state index in [1.54, 1.807) is 24.5 Å². The highest BCUT2D eigenvalue weighted by Gasteiger charge is 2.54. The molecule has 4 rings (SSSR count). The zero-order valence-corrected chi connectivity index (χ0v) is 17.7. The molecular weight excluding hydrogens is 414 g/mol. The number of methoxy groups -OCH3 is 1. The molecule has 0 radical (unpaired) electrons. The molecule has 0 amide bonds. The van der Waals surface area contributed by atoms with Crippen molar-refractivity contribution in [2.24, 2.45) is 11.3 Å². The first kappa shape index (κ1) is 20.6. The second-order valence-electron chi connectivity index (χ2n) is 7.84. The van der Waals surface area contributed by atoms with E-state index in [1.807, 2.05) is 12.1 Å². The minimum absolute atomic E-state index is 0.0524. The lowest BCUT2D eigenvalue weighted by Crippen LogP contribution is -2.38. The number of hydrogen-bond donors (Lipinski definition) is 1. The molecule has 2 aliphatic rings. The highest BCUT2D eigenvalue weighted by Crippen LogP contribution is 2.45. The van der Waals surface area contributed by atoms with Gasteiger partial charge in [-0.05, 0) is 41.8 Å². The van der Waals surface area contributed by atoms with Gasteiger partial charge in [0.15, 0.2) is 0 Å². The average molecular weight is 438 g/mol. The number of benzene rings is 1. The summed E-state index contributed by atoms with van der Waals surface area (Å²) in [6, 6.07) is 8.53. The van der Waals surface area contributed by atoms with Gasteiger partial charge in [-0.2, -0.15) is 4.31 Å². The zero-order chi connectivity index (χ0) is 20.6. The Bertz CT molecular complexity index is 988. The Balaban J connectivity index is 1.55. The molecule has 0 aliphatic carbocycles. The van der Waals surface area contributed by atoms with Crippen LogP contribution in [0.3, 0.4) is 0 Å². The summed E-state index contributed by atoms with van der Waals surface area (Å²) in [7, 11) is -2.35. The van der Waals surface area contributed by atoms with Gasteiger partial charge in [0.1, 0.15) is 10.6 Å². The summed E-state index contributed by atoms with van der Waals surface area (Å²) in [4.78, 5) is 6.38. The number of halogens is 1. The van der Waals surface area contributed by atoms with Crippen LogP contribution in [0.4, 0.5) is 0 Å². The highest BCUT2D eigenvalue weighted by molar-refractivity contribution is 7.89. The molecule has 156 valence electrons. The lowest BCUT2D eigenvalue weighted by Gasteiger charge is -2.27. The van der Waals surface area contributed by atoms with Gasteiger partial charge in [-0.1, -0.05) is 11.6 Å². The highest BCUT2D eigenvalue weighted by atomic mass is 35.5. The van der Waals surface area contributed by atoms with Crippen molar-refractivity contribution in [1.82, 2.24) is 14.2 Å².